The minimum Gasteiger partial charge on any atom is -0.507 e. The highest BCUT2D eigenvalue weighted by atomic mass is 19.4. The van der Waals surface area contributed by atoms with Crippen LogP contribution >= 0.6 is 0 Å². The first-order valence-electron chi connectivity index (χ1n) is 10.5. The zero-order valence-corrected chi connectivity index (χ0v) is 19.3. The number of ketones is 1. The molecule has 0 spiro atoms. The topological polar surface area (TPSA) is 98.4 Å². The van der Waals surface area contributed by atoms with Crippen LogP contribution in [0.25, 0.3) is 5.76 Å². The number of nitrogens with zero attached hydrogens (tertiary/aromatic N) is 1. The van der Waals surface area contributed by atoms with Crippen LogP contribution in [0.2, 0.25) is 0 Å². The van der Waals surface area contributed by atoms with Crippen molar-refractivity contribution in [2.75, 3.05) is 19.1 Å². The van der Waals surface area contributed by atoms with Crippen LogP contribution in [0.15, 0.2) is 64.6 Å². The number of carbonyl (C=O) groups is 2. The van der Waals surface area contributed by atoms with Crippen LogP contribution in [-0.2, 0) is 9.59 Å². The third-order valence-corrected chi connectivity index (χ3v) is 5.49. The number of hydrogen-bond donors (Lipinski definition) is 1. The molecule has 3 aromatic rings. The molecule has 0 radical (unpaired) electrons. The Bertz CT molecular complexity index is 1340. The minimum atomic E-state index is -4.89. The molecular formula is C25H20F3NO7. The van der Waals surface area contributed by atoms with Gasteiger partial charge in [-0.2, -0.15) is 0 Å². The molecule has 1 fully saturated rings. The van der Waals surface area contributed by atoms with Gasteiger partial charge in [-0.3, -0.25) is 14.5 Å². The molecule has 1 aromatic heterocycles. The van der Waals surface area contributed by atoms with Crippen molar-refractivity contribution in [1.82, 2.24) is 0 Å². The van der Waals surface area contributed by atoms with Crippen LogP contribution in [0.1, 0.15) is 23.1 Å². The van der Waals surface area contributed by atoms with Crippen LogP contribution < -0.4 is 19.1 Å². The van der Waals surface area contributed by atoms with E-state index >= 15 is 0 Å². The van der Waals surface area contributed by atoms with Crippen molar-refractivity contribution in [3.63, 3.8) is 0 Å². The lowest BCUT2D eigenvalue weighted by atomic mass is 9.98. The second kappa shape index (κ2) is 9.33. The number of aryl methyl sites for hydroxylation is 1. The van der Waals surface area contributed by atoms with E-state index in [0.717, 1.165) is 17.0 Å². The Morgan fingerprint density at radius 1 is 0.972 bits per heavy atom. The van der Waals surface area contributed by atoms with E-state index in [2.05, 4.69) is 4.74 Å². The molecule has 2 aromatic carbocycles. The molecule has 4 rings (SSSR count). The van der Waals surface area contributed by atoms with Crippen molar-refractivity contribution in [1.29, 1.82) is 0 Å². The number of aliphatic hydroxyl groups excluding tert-OH is 1. The van der Waals surface area contributed by atoms with Crippen LogP contribution in [0.3, 0.4) is 0 Å². The van der Waals surface area contributed by atoms with Crippen LogP contribution in [0.5, 0.6) is 17.2 Å². The first-order chi connectivity index (χ1) is 17.0. The molecule has 1 atom stereocenters. The average Bonchev–Trinajstić information content (AvgIpc) is 3.38. The van der Waals surface area contributed by atoms with Crippen molar-refractivity contribution in [3.05, 3.63) is 77.3 Å². The SMILES string of the molecule is COc1ccc(/C(O)=C2/C(=O)C(=O)N(c3ccc(OC(F)(F)F)cc3)C2c2ccc(C)o2)c(OC)c1. The summed E-state index contributed by atoms with van der Waals surface area (Å²) in [5, 5.41) is 11.2. The molecule has 8 nitrogen and oxygen atoms in total. The van der Waals surface area contributed by atoms with E-state index < -0.39 is 35.6 Å². The standard InChI is InChI=1S/C25H20F3NO7/c1-13-4-11-18(35-13)21-20(22(30)17-10-9-16(33-2)12-19(17)34-3)23(31)24(32)29(21)14-5-7-15(8-6-14)36-25(26,27)28/h4-12,21,30H,1-3H3/b22-20-. The lowest BCUT2D eigenvalue weighted by molar-refractivity contribution is -0.274. The zero-order valence-electron chi connectivity index (χ0n) is 19.3. The number of Topliss-reactive ketones (excluding diaryl/α,β-unsaturated/α-hetero) is 1. The Kier molecular flexibility index (Phi) is 6.40. The van der Waals surface area contributed by atoms with Crippen molar-refractivity contribution < 1.29 is 46.5 Å². The Morgan fingerprint density at radius 2 is 1.64 bits per heavy atom. The van der Waals surface area contributed by atoms with Crippen molar-refractivity contribution in [3.8, 4) is 17.2 Å². The number of methoxy groups -OCH3 is 2. The Morgan fingerprint density at radius 3 is 2.19 bits per heavy atom. The molecule has 1 saturated heterocycles. The van der Waals surface area contributed by atoms with Gasteiger partial charge in [0.1, 0.15) is 40.6 Å². The second-order valence-corrected chi connectivity index (χ2v) is 7.73. The highest BCUT2D eigenvalue weighted by Gasteiger charge is 2.48. The predicted octanol–water partition coefficient (Wildman–Crippen LogP) is 5.13. The first kappa shape index (κ1) is 24.7. The number of halogens is 3. The highest BCUT2D eigenvalue weighted by molar-refractivity contribution is 6.51. The molecular weight excluding hydrogens is 483 g/mol. The van der Waals surface area contributed by atoms with Crippen LogP contribution in [0.4, 0.5) is 18.9 Å². The quantitative estimate of drug-likeness (QED) is 0.283. The largest absolute Gasteiger partial charge is 0.573 e. The molecule has 2 heterocycles. The molecule has 0 bridgehead atoms. The summed E-state index contributed by atoms with van der Waals surface area (Å²) < 4.78 is 57.7. The fourth-order valence-electron chi connectivity index (χ4n) is 3.92. The number of amides is 1. The Balaban J connectivity index is 1.86. The number of aliphatic hydroxyl groups is 1. The molecule has 188 valence electrons. The maximum atomic E-state index is 13.2. The van der Waals surface area contributed by atoms with E-state index in [0.29, 0.717) is 11.5 Å². The summed E-state index contributed by atoms with van der Waals surface area (Å²) in [5.41, 5.74) is -0.0710. The molecule has 1 N–H and O–H groups in total. The Hall–Kier alpha value is -4.41. The maximum absolute atomic E-state index is 13.2. The average molecular weight is 503 g/mol. The predicted molar refractivity (Wildman–Crippen MR) is 121 cm³/mol. The van der Waals surface area contributed by atoms with Gasteiger partial charge in [0, 0.05) is 11.8 Å². The summed E-state index contributed by atoms with van der Waals surface area (Å²) in [6, 6.07) is 10.9. The van der Waals surface area contributed by atoms with Gasteiger partial charge in [0.15, 0.2) is 0 Å². The summed E-state index contributed by atoms with van der Waals surface area (Å²) in [5.74, 6) is -1.79. The minimum absolute atomic E-state index is 0.0893. The summed E-state index contributed by atoms with van der Waals surface area (Å²) in [6.07, 6.45) is -4.89. The number of alkyl halides is 3. The number of anilines is 1. The van der Waals surface area contributed by atoms with E-state index in [1.165, 1.54) is 38.5 Å². The number of hydrogen-bond acceptors (Lipinski definition) is 7. The van der Waals surface area contributed by atoms with Crippen molar-refractivity contribution in [2.24, 2.45) is 0 Å². The summed E-state index contributed by atoms with van der Waals surface area (Å²) in [7, 11) is 2.81. The normalized spacial score (nSPS) is 17.4. The van der Waals surface area contributed by atoms with Gasteiger partial charge < -0.3 is 23.7 Å². The number of carbonyl (C=O) groups excluding carboxylic acids is 2. The van der Waals surface area contributed by atoms with Gasteiger partial charge in [0.2, 0.25) is 0 Å². The zero-order chi connectivity index (χ0) is 26.2. The molecule has 36 heavy (non-hydrogen) atoms. The summed E-state index contributed by atoms with van der Waals surface area (Å²) in [6.45, 7) is 1.66. The third-order valence-electron chi connectivity index (χ3n) is 5.49. The van der Waals surface area contributed by atoms with Gasteiger partial charge in [-0.05, 0) is 55.5 Å². The fourth-order valence-corrected chi connectivity index (χ4v) is 3.92. The number of rotatable bonds is 6. The number of ether oxygens (including phenoxy) is 3. The smallest absolute Gasteiger partial charge is 0.507 e. The number of benzene rings is 2. The first-order valence-corrected chi connectivity index (χ1v) is 10.5. The van der Waals surface area contributed by atoms with Gasteiger partial charge in [-0.25, -0.2) is 0 Å². The molecule has 1 aliphatic heterocycles. The van der Waals surface area contributed by atoms with Crippen LogP contribution in [0, 0.1) is 6.92 Å². The molecule has 1 aliphatic rings. The second-order valence-electron chi connectivity index (χ2n) is 7.73. The van der Waals surface area contributed by atoms with E-state index in [-0.39, 0.29) is 28.3 Å². The van der Waals surface area contributed by atoms with Crippen molar-refractivity contribution >= 4 is 23.1 Å². The number of furan rings is 1. The molecule has 1 amide bonds. The van der Waals surface area contributed by atoms with Gasteiger partial charge in [0.05, 0.1) is 25.4 Å². The lowest BCUT2D eigenvalue weighted by Crippen LogP contribution is -2.29. The van der Waals surface area contributed by atoms with Gasteiger partial charge >= 0.3 is 6.36 Å². The van der Waals surface area contributed by atoms with E-state index in [1.807, 2.05) is 0 Å². The Labute approximate surface area is 203 Å². The summed E-state index contributed by atoms with van der Waals surface area (Å²) >= 11 is 0. The van der Waals surface area contributed by atoms with E-state index in [9.17, 15) is 27.9 Å². The third kappa shape index (κ3) is 4.59. The van der Waals surface area contributed by atoms with E-state index in [1.54, 1.807) is 25.1 Å². The van der Waals surface area contributed by atoms with Crippen molar-refractivity contribution in [2.45, 2.75) is 19.3 Å². The summed E-state index contributed by atoms with van der Waals surface area (Å²) in [4.78, 5) is 27.4. The monoisotopic (exact) mass is 503 g/mol. The maximum Gasteiger partial charge on any atom is 0.573 e. The molecule has 0 aliphatic carbocycles. The molecule has 11 heteroatoms. The lowest BCUT2D eigenvalue weighted by Gasteiger charge is -2.24. The van der Waals surface area contributed by atoms with Gasteiger partial charge in [0.25, 0.3) is 11.7 Å². The van der Waals surface area contributed by atoms with Crippen LogP contribution in [-0.4, -0.2) is 37.4 Å². The highest BCUT2D eigenvalue weighted by Crippen LogP contribution is 2.44. The van der Waals surface area contributed by atoms with Gasteiger partial charge in [-0.1, -0.05) is 0 Å². The molecule has 1 unspecified atom stereocenters. The van der Waals surface area contributed by atoms with Gasteiger partial charge in [-0.15, -0.1) is 13.2 Å². The fraction of sp³-hybridized carbons (Fsp3) is 0.200. The molecule has 0 saturated carbocycles. The van der Waals surface area contributed by atoms with E-state index in [4.69, 9.17) is 13.9 Å².